The Hall–Kier alpha value is -3.33. The van der Waals surface area contributed by atoms with Crippen LogP contribution in [-0.4, -0.2) is 21.9 Å². The molecule has 8 nitrogen and oxygen atoms in total. The Bertz CT molecular complexity index is 927. The Morgan fingerprint density at radius 2 is 1.69 bits per heavy atom. The zero-order chi connectivity index (χ0) is 19.4. The van der Waals surface area contributed by atoms with Gasteiger partial charge in [0.1, 0.15) is 0 Å². The van der Waals surface area contributed by atoms with Gasteiger partial charge in [0.25, 0.3) is 11.6 Å². The maximum Gasteiger partial charge on any atom is 0.272 e. The predicted octanol–water partition coefficient (Wildman–Crippen LogP) is 1.70. The topological polar surface area (TPSA) is 124 Å². The van der Waals surface area contributed by atoms with E-state index >= 15 is 0 Å². The van der Waals surface area contributed by atoms with Gasteiger partial charge in [0.05, 0.1) is 10.9 Å². The molecule has 2 rings (SSSR count). The maximum atomic E-state index is 12.2. The lowest BCUT2D eigenvalue weighted by Crippen LogP contribution is -2.34. The number of hydrogen-bond donors (Lipinski definition) is 2. The van der Waals surface area contributed by atoms with Crippen molar-refractivity contribution in [2.24, 2.45) is 0 Å². The minimum absolute atomic E-state index is 0.0294. The van der Waals surface area contributed by atoms with Gasteiger partial charge in [-0.05, 0) is 55.4 Å². The van der Waals surface area contributed by atoms with E-state index in [9.17, 15) is 24.8 Å². The second-order valence-electron chi connectivity index (χ2n) is 5.48. The van der Waals surface area contributed by atoms with Gasteiger partial charge in [-0.2, -0.15) is 0 Å². The van der Waals surface area contributed by atoms with Gasteiger partial charge >= 0.3 is 0 Å². The molecule has 0 aliphatic carbocycles. The fourth-order valence-electron chi connectivity index (χ4n) is 2.21. The van der Waals surface area contributed by atoms with Crippen LogP contribution < -0.4 is 15.7 Å². The summed E-state index contributed by atoms with van der Waals surface area (Å²) in [5.41, 5.74) is 1.57. The molecule has 0 atom stereocenters. The smallest absolute Gasteiger partial charge is 0.272 e. The number of benzene rings is 2. The Kier molecular flexibility index (Phi) is 5.63. The lowest BCUT2D eigenvalue weighted by Gasteiger charge is -2.13. The number of carbonyl (C=O) groups is 2. The molecule has 26 heavy (non-hydrogen) atoms. The van der Waals surface area contributed by atoms with E-state index in [2.05, 4.69) is 10.6 Å². The number of aromatic carboxylic acids is 1. The maximum absolute atomic E-state index is 12.2. The highest BCUT2D eigenvalue weighted by Gasteiger charge is 2.15. The van der Waals surface area contributed by atoms with E-state index in [4.69, 9.17) is 12.2 Å². The highest BCUT2D eigenvalue weighted by atomic mass is 32.1. The average Bonchev–Trinajstić information content (AvgIpc) is 2.56. The number of amides is 1. The van der Waals surface area contributed by atoms with E-state index < -0.39 is 16.8 Å². The molecule has 0 fully saturated rings. The summed E-state index contributed by atoms with van der Waals surface area (Å²) in [6.45, 7) is 3.27. The van der Waals surface area contributed by atoms with Gasteiger partial charge in [0, 0.05) is 22.9 Å². The van der Waals surface area contributed by atoms with Crippen molar-refractivity contribution >= 4 is 40.6 Å². The molecule has 0 radical (unpaired) electrons. The summed E-state index contributed by atoms with van der Waals surface area (Å²) >= 11 is 5.07. The number of nitro benzene ring substituents is 1. The van der Waals surface area contributed by atoms with E-state index in [-0.39, 0.29) is 21.9 Å². The molecule has 0 spiro atoms. The molecular formula is C17H14N3O5S-. The molecule has 0 aliphatic rings. The largest absolute Gasteiger partial charge is 0.545 e. The minimum Gasteiger partial charge on any atom is -0.545 e. The van der Waals surface area contributed by atoms with Crippen LogP contribution in [0, 0.1) is 24.0 Å². The first kappa shape index (κ1) is 19.0. The van der Waals surface area contributed by atoms with Crippen LogP contribution in [0.2, 0.25) is 0 Å². The molecule has 0 saturated carbocycles. The number of nitrogens with one attached hydrogen (secondary N) is 2. The highest BCUT2D eigenvalue weighted by Crippen LogP contribution is 2.19. The number of thiocarbonyl (C=S) groups is 1. The number of carboxylic acid groups (broad SMARTS) is 1. The standard InChI is InChI=1S/C17H15N3O5S/c1-9-3-4-12(16(22)23)8-13(9)18-17(26)19-15(21)11-5-6-14(20(24)25)10(2)7-11/h3-8H,1-2H3,(H,22,23)(H2,18,19,21,26)/p-1. The molecule has 0 aliphatic heterocycles. The summed E-state index contributed by atoms with van der Waals surface area (Å²) < 4.78 is 0. The van der Waals surface area contributed by atoms with Gasteiger partial charge in [0.15, 0.2) is 5.11 Å². The number of rotatable bonds is 4. The van der Waals surface area contributed by atoms with Crippen molar-refractivity contribution < 1.29 is 19.6 Å². The van der Waals surface area contributed by atoms with Crippen LogP contribution in [0.25, 0.3) is 0 Å². The first-order chi connectivity index (χ1) is 12.2. The van der Waals surface area contributed by atoms with Crippen LogP contribution in [0.1, 0.15) is 31.8 Å². The number of hydrogen-bond acceptors (Lipinski definition) is 6. The number of carbonyl (C=O) groups excluding carboxylic acids is 2. The Morgan fingerprint density at radius 1 is 1.04 bits per heavy atom. The number of nitrogens with zero attached hydrogens (tertiary/aromatic N) is 1. The van der Waals surface area contributed by atoms with E-state index in [0.717, 1.165) is 5.56 Å². The van der Waals surface area contributed by atoms with Gasteiger partial charge < -0.3 is 15.2 Å². The van der Waals surface area contributed by atoms with Crippen LogP contribution in [-0.2, 0) is 0 Å². The van der Waals surface area contributed by atoms with E-state index in [1.807, 2.05) is 0 Å². The van der Waals surface area contributed by atoms with Gasteiger partial charge in [-0.1, -0.05) is 12.1 Å². The summed E-state index contributed by atoms with van der Waals surface area (Å²) in [7, 11) is 0. The molecule has 1 amide bonds. The zero-order valence-corrected chi connectivity index (χ0v) is 14.7. The molecule has 2 aromatic carbocycles. The normalized spacial score (nSPS) is 10.1. The summed E-state index contributed by atoms with van der Waals surface area (Å²) in [6.07, 6.45) is 0. The molecule has 0 saturated heterocycles. The number of carboxylic acids is 1. The molecule has 2 aromatic rings. The summed E-state index contributed by atoms with van der Waals surface area (Å²) in [6, 6.07) is 8.28. The zero-order valence-electron chi connectivity index (χ0n) is 13.9. The Labute approximate surface area is 154 Å². The van der Waals surface area contributed by atoms with Gasteiger partial charge in [-0.15, -0.1) is 0 Å². The van der Waals surface area contributed by atoms with E-state index in [1.54, 1.807) is 13.0 Å². The van der Waals surface area contributed by atoms with Crippen molar-refractivity contribution in [2.45, 2.75) is 13.8 Å². The van der Waals surface area contributed by atoms with Crippen molar-refractivity contribution in [1.82, 2.24) is 5.32 Å². The van der Waals surface area contributed by atoms with E-state index in [1.165, 1.54) is 37.3 Å². The van der Waals surface area contributed by atoms with Crippen LogP contribution in [0.3, 0.4) is 0 Å². The third kappa shape index (κ3) is 4.39. The van der Waals surface area contributed by atoms with Crippen LogP contribution in [0.5, 0.6) is 0 Å². The van der Waals surface area contributed by atoms with E-state index in [0.29, 0.717) is 11.3 Å². The first-order valence-electron chi connectivity index (χ1n) is 7.38. The van der Waals surface area contributed by atoms with Gasteiger partial charge in [-0.25, -0.2) is 0 Å². The van der Waals surface area contributed by atoms with Gasteiger partial charge in [0.2, 0.25) is 0 Å². The van der Waals surface area contributed by atoms with Crippen LogP contribution in [0.15, 0.2) is 36.4 Å². The van der Waals surface area contributed by atoms with Crippen molar-refractivity contribution in [3.63, 3.8) is 0 Å². The third-order valence-electron chi connectivity index (χ3n) is 3.60. The predicted molar refractivity (Wildman–Crippen MR) is 97.0 cm³/mol. The quantitative estimate of drug-likeness (QED) is 0.475. The molecule has 134 valence electrons. The average molecular weight is 372 g/mol. The van der Waals surface area contributed by atoms with Gasteiger partial charge in [-0.3, -0.25) is 20.2 Å². The first-order valence-corrected chi connectivity index (χ1v) is 7.79. The van der Waals surface area contributed by atoms with Crippen molar-refractivity contribution in [3.8, 4) is 0 Å². The summed E-state index contributed by atoms with van der Waals surface area (Å²) in [5, 5.41) is 26.9. The van der Waals surface area contributed by atoms with Crippen LogP contribution in [0.4, 0.5) is 11.4 Å². The van der Waals surface area contributed by atoms with Crippen molar-refractivity contribution in [1.29, 1.82) is 0 Å². The summed E-state index contributed by atoms with van der Waals surface area (Å²) in [4.78, 5) is 33.4. The molecule has 0 unspecified atom stereocenters. The molecule has 0 aromatic heterocycles. The van der Waals surface area contributed by atoms with Crippen molar-refractivity contribution in [3.05, 3.63) is 68.8 Å². The second-order valence-corrected chi connectivity index (χ2v) is 5.89. The minimum atomic E-state index is -1.33. The number of aryl methyl sites for hydroxylation is 2. The highest BCUT2D eigenvalue weighted by molar-refractivity contribution is 7.80. The number of anilines is 1. The Balaban J connectivity index is 2.12. The fraction of sp³-hybridized carbons (Fsp3) is 0.118. The summed E-state index contributed by atoms with van der Waals surface area (Å²) in [5.74, 6) is -1.88. The second kappa shape index (κ2) is 7.70. The molecule has 9 heteroatoms. The lowest BCUT2D eigenvalue weighted by atomic mass is 10.1. The molecule has 0 bridgehead atoms. The number of nitro groups is 1. The third-order valence-corrected chi connectivity index (χ3v) is 3.81. The SMILES string of the molecule is Cc1ccc(C(=O)[O-])cc1NC(=S)NC(=O)c1ccc([N+](=O)[O-])c(C)c1. The fourth-order valence-corrected chi connectivity index (χ4v) is 2.42. The molecule has 0 heterocycles. The lowest BCUT2D eigenvalue weighted by molar-refractivity contribution is -0.385. The van der Waals surface area contributed by atoms with Crippen LogP contribution >= 0.6 is 12.2 Å². The Morgan fingerprint density at radius 3 is 2.27 bits per heavy atom. The van der Waals surface area contributed by atoms with Crippen molar-refractivity contribution in [2.75, 3.05) is 5.32 Å². The molecular weight excluding hydrogens is 358 g/mol. The molecule has 2 N–H and O–H groups in total. The monoisotopic (exact) mass is 372 g/mol.